The maximum atomic E-state index is 15.8. The third-order valence-electron chi connectivity index (χ3n) is 8.17. The van der Waals surface area contributed by atoms with Crippen LogP contribution in [0.15, 0.2) is 41.4 Å². The smallest absolute Gasteiger partial charge is 0.265 e. The first-order valence-electron chi connectivity index (χ1n) is 14.7. The predicted molar refractivity (Wildman–Crippen MR) is 166 cm³/mol. The van der Waals surface area contributed by atoms with Gasteiger partial charge in [-0.3, -0.25) is 9.40 Å². The number of aromatic nitrogens is 3. The molecule has 1 aliphatic carbocycles. The number of ether oxygens (including phenoxy) is 2. The van der Waals surface area contributed by atoms with Gasteiger partial charge in [0.2, 0.25) is 0 Å². The van der Waals surface area contributed by atoms with E-state index in [9.17, 15) is 12.8 Å². The van der Waals surface area contributed by atoms with E-state index in [1.165, 1.54) is 19.2 Å². The second-order valence-electron chi connectivity index (χ2n) is 11.4. The van der Waals surface area contributed by atoms with E-state index in [4.69, 9.17) is 15.2 Å². The largest absolute Gasteiger partial charge is 0.494 e. The molecule has 0 amide bonds. The molecule has 5 rings (SSSR count). The van der Waals surface area contributed by atoms with Crippen LogP contribution in [0, 0.1) is 17.5 Å². The second-order valence-corrected chi connectivity index (χ2v) is 13.0. The molecule has 2 heterocycles. The van der Waals surface area contributed by atoms with E-state index in [1.807, 2.05) is 18.6 Å². The zero-order chi connectivity index (χ0) is 32.5. The number of fused-ring (bicyclic) bond motifs is 1. The Hall–Kier alpha value is -3.88. The Morgan fingerprint density at radius 2 is 1.82 bits per heavy atom. The van der Waals surface area contributed by atoms with Crippen LogP contribution in [0.4, 0.5) is 24.7 Å². The first-order valence-corrected chi connectivity index (χ1v) is 16.2. The summed E-state index contributed by atoms with van der Waals surface area (Å²) in [7, 11) is -1.79. The highest BCUT2D eigenvalue weighted by atomic mass is 32.2. The number of benzene rings is 2. The van der Waals surface area contributed by atoms with Gasteiger partial charge in [-0.25, -0.2) is 26.6 Å². The van der Waals surface area contributed by atoms with E-state index in [0.717, 1.165) is 49.9 Å². The van der Waals surface area contributed by atoms with Gasteiger partial charge in [0, 0.05) is 43.6 Å². The van der Waals surface area contributed by atoms with Gasteiger partial charge in [0.15, 0.2) is 11.6 Å². The second kappa shape index (κ2) is 13.2. The average molecular weight is 647 g/mol. The number of rotatable bonds is 11. The van der Waals surface area contributed by atoms with Crippen molar-refractivity contribution in [3.8, 4) is 17.0 Å². The third kappa shape index (κ3) is 6.44. The van der Waals surface area contributed by atoms with Gasteiger partial charge in [-0.05, 0) is 69.2 Å². The molecule has 10 nitrogen and oxygen atoms in total. The Morgan fingerprint density at radius 1 is 1.09 bits per heavy atom. The quantitative estimate of drug-likeness (QED) is 0.176. The molecule has 242 valence electrons. The summed E-state index contributed by atoms with van der Waals surface area (Å²) >= 11 is 0. The number of sulfonamides is 1. The number of nitrogens with one attached hydrogen (secondary N) is 2. The molecule has 0 radical (unpaired) electrons. The zero-order valence-corrected chi connectivity index (χ0v) is 26.3. The van der Waals surface area contributed by atoms with Crippen LogP contribution in [0.25, 0.3) is 22.2 Å². The van der Waals surface area contributed by atoms with E-state index in [0.29, 0.717) is 29.6 Å². The lowest BCUT2D eigenvalue weighted by Crippen LogP contribution is -2.34. The Labute approximate surface area is 260 Å². The fraction of sp³-hybridized carbons (Fsp3) is 0.419. The first-order chi connectivity index (χ1) is 21.5. The van der Waals surface area contributed by atoms with Crippen molar-refractivity contribution >= 4 is 32.4 Å². The summed E-state index contributed by atoms with van der Waals surface area (Å²) in [5.74, 6) is -3.24. The summed E-state index contributed by atoms with van der Waals surface area (Å²) in [4.78, 5) is 3.65. The fourth-order valence-corrected chi connectivity index (χ4v) is 7.07. The van der Waals surface area contributed by atoms with Crippen molar-refractivity contribution in [2.45, 2.75) is 62.4 Å². The molecule has 0 bridgehead atoms. The number of pyridine rings is 1. The number of methoxy groups -OCH3 is 2. The number of anilines is 2. The van der Waals surface area contributed by atoms with Gasteiger partial charge in [-0.15, -0.1) is 0 Å². The van der Waals surface area contributed by atoms with E-state index >= 15 is 8.78 Å². The van der Waals surface area contributed by atoms with Crippen LogP contribution in [-0.2, 0) is 14.8 Å². The molecule has 1 fully saturated rings. The first kappa shape index (κ1) is 32.5. The molecule has 0 saturated heterocycles. The van der Waals surface area contributed by atoms with E-state index in [-0.39, 0.29) is 34.8 Å². The number of nitrogen functional groups attached to an aromatic ring is 1. The van der Waals surface area contributed by atoms with Crippen LogP contribution in [0.3, 0.4) is 0 Å². The Kier molecular flexibility index (Phi) is 9.56. The lowest BCUT2D eigenvalue weighted by atomic mass is 9.81. The fourth-order valence-electron chi connectivity index (χ4n) is 5.92. The van der Waals surface area contributed by atoms with Crippen molar-refractivity contribution in [2.24, 2.45) is 0 Å². The standard InChI is InChI=1S/C31H37F3N6O4S/c1-17(2)40-30-21(18-8-10-19(11-9-18)36-12-13-43-3)16-37-31(35)27(30)29(38-40)20-14-23(33)24(15-22(20)32)39-45(41,42)26-7-5-6-25(44-4)28(26)34/h5-7,14-19,36,39H,8-13H2,1-4H3,(H2,35,37). The lowest BCUT2D eigenvalue weighted by Gasteiger charge is -2.30. The van der Waals surface area contributed by atoms with E-state index in [2.05, 4.69) is 15.4 Å². The molecular weight excluding hydrogens is 609 g/mol. The number of hydrogen-bond acceptors (Lipinski definition) is 8. The van der Waals surface area contributed by atoms with Crippen molar-refractivity contribution in [3.05, 3.63) is 59.5 Å². The Morgan fingerprint density at radius 3 is 2.49 bits per heavy atom. The SMILES string of the molecule is COCCNC1CCC(c2cnc(N)c3c(-c4cc(F)c(NS(=O)(=O)c5cccc(OC)c5F)cc4F)nn(C(C)C)c23)CC1. The molecule has 14 heteroatoms. The molecule has 2 aromatic carbocycles. The van der Waals surface area contributed by atoms with Crippen LogP contribution in [0.5, 0.6) is 5.75 Å². The summed E-state index contributed by atoms with van der Waals surface area (Å²) < 4.78 is 85.5. The molecule has 0 spiro atoms. The number of hydrogen-bond donors (Lipinski definition) is 3. The van der Waals surface area contributed by atoms with Crippen molar-refractivity contribution in [3.63, 3.8) is 0 Å². The normalized spacial score (nSPS) is 17.2. The van der Waals surface area contributed by atoms with Crippen molar-refractivity contribution in [1.29, 1.82) is 0 Å². The molecule has 0 unspecified atom stereocenters. The zero-order valence-electron chi connectivity index (χ0n) is 25.5. The topological polar surface area (TPSA) is 133 Å². The molecule has 1 saturated carbocycles. The summed E-state index contributed by atoms with van der Waals surface area (Å²) in [6.45, 7) is 5.28. The summed E-state index contributed by atoms with van der Waals surface area (Å²) in [6, 6.07) is 5.29. The van der Waals surface area contributed by atoms with Gasteiger partial charge in [-0.1, -0.05) is 6.07 Å². The van der Waals surface area contributed by atoms with E-state index in [1.54, 1.807) is 18.0 Å². The highest BCUT2D eigenvalue weighted by molar-refractivity contribution is 7.92. The number of nitrogens with two attached hydrogens (primary N) is 1. The van der Waals surface area contributed by atoms with Gasteiger partial charge in [0.05, 0.1) is 30.3 Å². The minimum Gasteiger partial charge on any atom is -0.494 e. The molecule has 4 N–H and O–H groups in total. The van der Waals surface area contributed by atoms with Crippen molar-refractivity contribution in [1.82, 2.24) is 20.1 Å². The van der Waals surface area contributed by atoms with Gasteiger partial charge in [-0.2, -0.15) is 5.10 Å². The van der Waals surface area contributed by atoms with Crippen LogP contribution >= 0.6 is 0 Å². The monoisotopic (exact) mass is 646 g/mol. The summed E-state index contributed by atoms with van der Waals surface area (Å²) in [6.07, 6.45) is 5.46. The van der Waals surface area contributed by atoms with Crippen LogP contribution < -0.4 is 20.5 Å². The lowest BCUT2D eigenvalue weighted by molar-refractivity contribution is 0.191. The maximum absolute atomic E-state index is 15.8. The van der Waals surface area contributed by atoms with Gasteiger partial charge >= 0.3 is 0 Å². The number of halogens is 3. The van der Waals surface area contributed by atoms with Gasteiger partial charge in [0.1, 0.15) is 28.0 Å². The van der Waals surface area contributed by atoms with Gasteiger partial charge < -0.3 is 20.5 Å². The van der Waals surface area contributed by atoms with Crippen LogP contribution in [0.2, 0.25) is 0 Å². The highest BCUT2D eigenvalue weighted by Crippen LogP contribution is 2.42. The molecule has 4 aromatic rings. The molecule has 1 aliphatic rings. The van der Waals surface area contributed by atoms with Crippen molar-refractivity contribution < 1.29 is 31.1 Å². The van der Waals surface area contributed by atoms with Crippen LogP contribution in [0.1, 0.15) is 57.1 Å². The van der Waals surface area contributed by atoms with Crippen molar-refractivity contribution in [2.75, 3.05) is 37.8 Å². The third-order valence-corrected chi connectivity index (χ3v) is 9.55. The molecule has 0 atom stereocenters. The Balaban J connectivity index is 1.52. The molecule has 2 aromatic heterocycles. The van der Waals surface area contributed by atoms with Gasteiger partial charge in [0.25, 0.3) is 10.0 Å². The highest BCUT2D eigenvalue weighted by Gasteiger charge is 2.30. The summed E-state index contributed by atoms with van der Waals surface area (Å²) in [5, 5.41) is 8.60. The summed E-state index contributed by atoms with van der Waals surface area (Å²) in [5.41, 5.74) is 7.18. The van der Waals surface area contributed by atoms with E-state index < -0.39 is 38.1 Å². The molecular formula is C31H37F3N6O4S. The minimum atomic E-state index is -4.64. The molecule has 45 heavy (non-hydrogen) atoms. The maximum Gasteiger partial charge on any atom is 0.265 e. The average Bonchev–Trinajstić information content (AvgIpc) is 3.41. The van der Waals surface area contributed by atoms with Crippen LogP contribution in [-0.4, -0.2) is 56.6 Å². The predicted octanol–water partition coefficient (Wildman–Crippen LogP) is 5.75. The Bertz CT molecular complexity index is 1810. The molecule has 0 aliphatic heterocycles. The minimum absolute atomic E-state index is 0.0881. The number of nitrogens with zero attached hydrogens (tertiary/aromatic N) is 3.